The Labute approximate surface area is 134 Å². The number of benzene rings is 1. The number of hydrogen-bond donors (Lipinski definition) is 1. The van der Waals surface area contributed by atoms with E-state index in [0.29, 0.717) is 12.1 Å². The molecular weight excluding hydrogens is 364 g/mol. The summed E-state index contributed by atoms with van der Waals surface area (Å²) in [6.45, 7) is 0. The number of halogens is 5. The van der Waals surface area contributed by atoms with Crippen molar-refractivity contribution in [2.24, 2.45) is 0 Å². The predicted octanol–water partition coefficient (Wildman–Crippen LogP) is 3.71. The highest BCUT2D eigenvalue weighted by molar-refractivity contribution is 7.89. The Kier molecular flexibility index (Phi) is 4.49. The summed E-state index contributed by atoms with van der Waals surface area (Å²) >= 11 is 11.8. The van der Waals surface area contributed by atoms with Crippen LogP contribution in [0, 0.1) is 0 Å². The fraction of sp³-hybridized carbons (Fsp3) is 0.167. The Bertz CT molecular complexity index is 793. The molecule has 0 aliphatic rings. The first kappa shape index (κ1) is 17.1. The quantitative estimate of drug-likeness (QED) is 0.892. The number of nitrogens with one attached hydrogen (secondary N) is 1. The van der Waals surface area contributed by atoms with E-state index in [1.165, 1.54) is 25.4 Å². The summed E-state index contributed by atoms with van der Waals surface area (Å²) in [7, 11) is -2.62. The molecule has 0 saturated carbocycles. The number of sulfonamides is 1. The van der Waals surface area contributed by atoms with Crippen molar-refractivity contribution in [1.29, 1.82) is 0 Å². The van der Waals surface area contributed by atoms with Crippen molar-refractivity contribution >= 4 is 33.2 Å². The Morgan fingerprint density at radius 1 is 1.18 bits per heavy atom. The summed E-state index contributed by atoms with van der Waals surface area (Å²) in [5.74, 6) is 0. The van der Waals surface area contributed by atoms with Gasteiger partial charge in [-0.1, -0.05) is 23.2 Å². The van der Waals surface area contributed by atoms with Crippen molar-refractivity contribution in [3.8, 4) is 5.69 Å². The fourth-order valence-electron chi connectivity index (χ4n) is 1.83. The zero-order chi connectivity index (χ0) is 16.7. The van der Waals surface area contributed by atoms with Crippen molar-refractivity contribution in [1.82, 2.24) is 9.29 Å². The molecule has 10 heteroatoms. The molecule has 1 heterocycles. The van der Waals surface area contributed by atoms with Gasteiger partial charge >= 0.3 is 6.18 Å². The number of alkyl halides is 3. The average Bonchev–Trinajstić information content (AvgIpc) is 2.86. The summed E-state index contributed by atoms with van der Waals surface area (Å²) in [6.07, 6.45) is -3.27. The standard InChI is InChI=1S/C12H9Cl2F3N2O2S/c1-18-22(20,21)10-3-2-4-19(10)11-8(13)5-7(6-9(11)14)12(15,16)17/h2-6,18H,1H3. The van der Waals surface area contributed by atoms with E-state index < -0.39 is 21.8 Å². The van der Waals surface area contributed by atoms with E-state index in [9.17, 15) is 21.6 Å². The van der Waals surface area contributed by atoms with Gasteiger partial charge in [0.05, 0.1) is 21.3 Å². The Hall–Kier alpha value is -1.22. The minimum Gasteiger partial charge on any atom is -0.304 e. The second kappa shape index (κ2) is 5.77. The Morgan fingerprint density at radius 3 is 2.18 bits per heavy atom. The summed E-state index contributed by atoms with van der Waals surface area (Å²) < 4.78 is 65.2. The van der Waals surface area contributed by atoms with E-state index in [-0.39, 0.29) is 20.8 Å². The topological polar surface area (TPSA) is 51.1 Å². The maximum absolute atomic E-state index is 12.7. The molecule has 2 rings (SSSR count). The molecule has 0 unspecified atom stereocenters. The highest BCUT2D eigenvalue weighted by Gasteiger charge is 2.32. The Morgan fingerprint density at radius 2 is 1.73 bits per heavy atom. The van der Waals surface area contributed by atoms with Gasteiger partial charge in [-0.2, -0.15) is 13.2 Å². The lowest BCUT2D eigenvalue weighted by molar-refractivity contribution is -0.137. The minimum absolute atomic E-state index is 0.0461. The van der Waals surface area contributed by atoms with Crippen LogP contribution >= 0.6 is 23.2 Å². The second-order valence-electron chi connectivity index (χ2n) is 4.21. The SMILES string of the molecule is CNS(=O)(=O)c1cccn1-c1c(Cl)cc(C(F)(F)F)cc1Cl. The van der Waals surface area contributed by atoms with E-state index in [1.807, 2.05) is 0 Å². The average molecular weight is 373 g/mol. The van der Waals surface area contributed by atoms with Crippen molar-refractivity contribution in [2.45, 2.75) is 11.2 Å². The third-order valence-electron chi connectivity index (χ3n) is 2.84. The monoisotopic (exact) mass is 372 g/mol. The summed E-state index contributed by atoms with van der Waals surface area (Å²) in [5.41, 5.74) is -1.06. The molecule has 0 spiro atoms. The summed E-state index contributed by atoms with van der Waals surface area (Å²) in [6, 6.07) is 4.07. The van der Waals surface area contributed by atoms with Gasteiger partial charge in [-0.25, -0.2) is 13.1 Å². The van der Waals surface area contributed by atoms with Crippen LogP contribution in [0.15, 0.2) is 35.5 Å². The van der Waals surface area contributed by atoms with Crippen LogP contribution in [0.2, 0.25) is 10.0 Å². The first-order chi connectivity index (χ1) is 10.1. The predicted molar refractivity (Wildman–Crippen MR) is 77.0 cm³/mol. The fourth-order valence-corrected chi connectivity index (χ4v) is 3.38. The highest BCUT2D eigenvalue weighted by atomic mass is 35.5. The zero-order valence-corrected chi connectivity index (χ0v) is 13.3. The van der Waals surface area contributed by atoms with Gasteiger partial charge in [0, 0.05) is 6.20 Å². The van der Waals surface area contributed by atoms with Gasteiger partial charge in [-0.3, -0.25) is 0 Å². The maximum atomic E-state index is 12.7. The van der Waals surface area contributed by atoms with Gasteiger partial charge in [0.2, 0.25) is 0 Å². The normalized spacial score (nSPS) is 12.6. The van der Waals surface area contributed by atoms with E-state index in [4.69, 9.17) is 23.2 Å². The van der Waals surface area contributed by atoms with Crippen LogP contribution in [0.3, 0.4) is 0 Å². The molecule has 1 aromatic heterocycles. The van der Waals surface area contributed by atoms with Gasteiger partial charge < -0.3 is 4.57 Å². The molecular formula is C12H9Cl2F3N2O2S. The van der Waals surface area contributed by atoms with Crippen LogP contribution in [-0.2, 0) is 16.2 Å². The van der Waals surface area contributed by atoms with Gasteiger partial charge in [0.1, 0.15) is 0 Å². The number of nitrogens with zero attached hydrogens (tertiary/aromatic N) is 1. The zero-order valence-electron chi connectivity index (χ0n) is 10.9. The van der Waals surface area contributed by atoms with Gasteiger partial charge in [-0.15, -0.1) is 0 Å². The third kappa shape index (κ3) is 3.10. The third-order valence-corrected chi connectivity index (χ3v) is 4.84. The maximum Gasteiger partial charge on any atom is 0.416 e. The molecule has 0 aliphatic carbocycles. The molecule has 0 fully saturated rings. The van der Waals surface area contributed by atoms with Gasteiger partial charge in [-0.05, 0) is 31.3 Å². The molecule has 120 valence electrons. The lowest BCUT2D eigenvalue weighted by atomic mass is 10.2. The van der Waals surface area contributed by atoms with Crippen molar-refractivity contribution in [3.63, 3.8) is 0 Å². The van der Waals surface area contributed by atoms with Crippen LogP contribution in [-0.4, -0.2) is 20.0 Å². The molecule has 4 nitrogen and oxygen atoms in total. The van der Waals surface area contributed by atoms with Gasteiger partial charge in [0.15, 0.2) is 5.03 Å². The molecule has 0 bridgehead atoms. The van der Waals surface area contributed by atoms with E-state index in [2.05, 4.69) is 4.72 Å². The molecule has 1 N–H and O–H groups in total. The summed E-state index contributed by atoms with van der Waals surface area (Å²) in [5, 5.41) is -0.828. The molecule has 2 aromatic rings. The van der Waals surface area contributed by atoms with Crippen LogP contribution in [0.1, 0.15) is 5.56 Å². The molecule has 0 aliphatic heterocycles. The molecule has 0 saturated heterocycles. The van der Waals surface area contributed by atoms with E-state index in [0.717, 1.165) is 4.57 Å². The smallest absolute Gasteiger partial charge is 0.304 e. The van der Waals surface area contributed by atoms with Crippen molar-refractivity contribution < 1.29 is 21.6 Å². The largest absolute Gasteiger partial charge is 0.416 e. The van der Waals surface area contributed by atoms with E-state index in [1.54, 1.807) is 0 Å². The van der Waals surface area contributed by atoms with Crippen LogP contribution in [0.5, 0.6) is 0 Å². The molecule has 0 radical (unpaired) electrons. The highest BCUT2D eigenvalue weighted by Crippen LogP contribution is 2.38. The number of hydrogen-bond acceptors (Lipinski definition) is 2. The molecule has 1 aromatic carbocycles. The molecule has 22 heavy (non-hydrogen) atoms. The lowest BCUT2D eigenvalue weighted by Gasteiger charge is -2.15. The van der Waals surface area contributed by atoms with Gasteiger partial charge in [0.25, 0.3) is 10.0 Å². The second-order valence-corrected chi connectivity index (χ2v) is 6.86. The van der Waals surface area contributed by atoms with E-state index >= 15 is 0 Å². The molecule has 0 amide bonds. The Balaban J connectivity index is 2.69. The lowest BCUT2D eigenvalue weighted by Crippen LogP contribution is -2.21. The minimum atomic E-state index is -4.61. The first-order valence-corrected chi connectivity index (χ1v) is 7.99. The number of aromatic nitrogens is 1. The van der Waals surface area contributed by atoms with Crippen LogP contribution in [0.4, 0.5) is 13.2 Å². The van der Waals surface area contributed by atoms with Crippen LogP contribution in [0.25, 0.3) is 5.69 Å². The van der Waals surface area contributed by atoms with Crippen molar-refractivity contribution in [3.05, 3.63) is 46.1 Å². The summed E-state index contributed by atoms with van der Waals surface area (Å²) in [4.78, 5) is 0. The first-order valence-electron chi connectivity index (χ1n) is 5.75. The molecule has 0 atom stereocenters. The van der Waals surface area contributed by atoms with Crippen LogP contribution < -0.4 is 4.72 Å². The van der Waals surface area contributed by atoms with Crippen molar-refractivity contribution in [2.75, 3.05) is 7.05 Å². The number of rotatable bonds is 3.